The molecule has 6 nitrogen and oxygen atoms in total. The van der Waals surface area contributed by atoms with Gasteiger partial charge < -0.3 is 20.3 Å². The molecule has 0 fully saturated rings. The Morgan fingerprint density at radius 2 is 0.633 bits per heavy atom. The van der Waals surface area contributed by atoms with Crippen LogP contribution in [0.4, 0.5) is 0 Å². The van der Waals surface area contributed by atoms with Crippen LogP contribution in [0, 0.1) is 0 Å². The van der Waals surface area contributed by atoms with Gasteiger partial charge in [-0.25, -0.2) is 0 Å². The fourth-order valence-electron chi connectivity index (χ4n) is 11.2. The van der Waals surface area contributed by atoms with Gasteiger partial charge in [-0.05, 0) is 64.2 Å². The van der Waals surface area contributed by atoms with Crippen LogP contribution in [-0.2, 0) is 14.3 Å². The van der Waals surface area contributed by atoms with Crippen LogP contribution in [0.3, 0.4) is 0 Å². The monoisotopic (exact) mass is 1110 g/mol. The highest BCUT2D eigenvalue weighted by Gasteiger charge is 2.18. The van der Waals surface area contributed by atoms with Crippen LogP contribution < -0.4 is 5.32 Å². The van der Waals surface area contributed by atoms with Crippen LogP contribution in [0.25, 0.3) is 0 Å². The molecule has 0 aromatic heterocycles. The number of ether oxygens (including phenoxy) is 1. The molecule has 0 aromatic carbocycles. The molecule has 3 N–H and O–H groups in total. The molecule has 0 saturated carbocycles. The Kier molecular flexibility index (Phi) is 66.9. The van der Waals surface area contributed by atoms with Gasteiger partial charge in [0, 0.05) is 12.8 Å². The van der Waals surface area contributed by atoms with Crippen LogP contribution >= 0.6 is 0 Å². The Labute approximate surface area is 494 Å². The standard InChI is InChI=1S/C73H139NO5/c1-3-5-7-9-11-13-15-17-19-20-21-22-23-25-28-31-34-38-41-45-49-53-57-61-65-71(76)70(69-75)74-72(77)66-62-58-54-50-46-42-39-35-32-29-26-24-27-30-33-36-40-44-48-52-56-60-64-68-79-73(78)67-63-59-55-51-47-43-37-18-16-14-12-10-8-6-4-2/h24,27,29,32,61,65,70-71,75-76H,3-23,25-26,28,30-31,33-60,62-64,66-69H2,1-2H3,(H,74,77)/b27-24-,32-29-,65-61+. The average molecular weight is 1110 g/mol. The van der Waals surface area contributed by atoms with Gasteiger partial charge in [0.2, 0.25) is 5.91 Å². The zero-order chi connectivity index (χ0) is 57.1. The van der Waals surface area contributed by atoms with E-state index in [-0.39, 0.29) is 18.5 Å². The number of rotatable bonds is 67. The summed E-state index contributed by atoms with van der Waals surface area (Å²) in [5.41, 5.74) is 0. The van der Waals surface area contributed by atoms with Gasteiger partial charge in [0.1, 0.15) is 0 Å². The SMILES string of the molecule is CCCCCCCCCCCCCCCCCCCCCCCC/C=C/C(O)C(CO)NC(=O)CCCCCCCCC/C=C\C/C=C\CCCCCCCCCCCOC(=O)CCCCCCCCCCCCCCCCC. The van der Waals surface area contributed by atoms with Gasteiger partial charge in [0.05, 0.1) is 25.4 Å². The molecule has 0 spiro atoms. The van der Waals surface area contributed by atoms with Gasteiger partial charge >= 0.3 is 5.97 Å². The number of esters is 1. The number of hydrogen-bond acceptors (Lipinski definition) is 5. The lowest BCUT2D eigenvalue weighted by molar-refractivity contribution is -0.143. The lowest BCUT2D eigenvalue weighted by Gasteiger charge is -2.20. The first-order chi connectivity index (χ1) is 39.0. The van der Waals surface area contributed by atoms with E-state index in [0.717, 1.165) is 57.8 Å². The minimum atomic E-state index is -0.853. The van der Waals surface area contributed by atoms with Crippen molar-refractivity contribution in [1.29, 1.82) is 0 Å². The number of unbranched alkanes of at least 4 members (excludes halogenated alkanes) is 52. The molecule has 0 rings (SSSR count). The zero-order valence-electron chi connectivity index (χ0n) is 53.4. The van der Waals surface area contributed by atoms with Crippen LogP contribution in [0.5, 0.6) is 0 Å². The average Bonchev–Trinajstić information content (AvgIpc) is 3.45. The molecule has 2 atom stereocenters. The molecule has 0 saturated heterocycles. The molecular weight excluding hydrogens is 971 g/mol. The summed E-state index contributed by atoms with van der Waals surface area (Å²) in [6.07, 6.45) is 87.9. The summed E-state index contributed by atoms with van der Waals surface area (Å²) in [6, 6.07) is -0.637. The molecule has 466 valence electrons. The second-order valence-electron chi connectivity index (χ2n) is 24.6. The Morgan fingerprint density at radius 3 is 0.962 bits per heavy atom. The Bertz CT molecular complexity index is 1280. The van der Waals surface area contributed by atoms with Crippen molar-refractivity contribution in [3.8, 4) is 0 Å². The van der Waals surface area contributed by atoms with E-state index in [1.165, 1.54) is 308 Å². The maximum absolute atomic E-state index is 12.5. The van der Waals surface area contributed by atoms with E-state index in [1.54, 1.807) is 6.08 Å². The number of carbonyl (C=O) groups is 2. The third kappa shape index (κ3) is 65.1. The molecule has 1 amide bonds. The van der Waals surface area contributed by atoms with Crippen molar-refractivity contribution in [3.05, 3.63) is 36.5 Å². The Morgan fingerprint density at radius 1 is 0.354 bits per heavy atom. The minimum Gasteiger partial charge on any atom is -0.466 e. The van der Waals surface area contributed by atoms with Gasteiger partial charge in [-0.1, -0.05) is 352 Å². The van der Waals surface area contributed by atoms with E-state index in [9.17, 15) is 19.8 Å². The first-order valence-electron chi connectivity index (χ1n) is 35.8. The minimum absolute atomic E-state index is 0.0100. The lowest BCUT2D eigenvalue weighted by Crippen LogP contribution is -2.45. The Balaban J connectivity index is 3.46. The number of allylic oxidation sites excluding steroid dienone is 5. The molecule has 0 aliphatic rings. The third-order valence-electron chi connectivity index (χ3n) is 16.7. The molecular formula is C73H139NO5. The van der Waals surface area contributed by atoms with Crippen LogP contribution in [0.15, 0.2) is 36.5 Å². The van der Waals surface area contributed by atoms with Gasteiger partial charge in [0.25, 0.3) is 0 Å². The molecule has 0 heterocycles. The molecule has 0 aliphatic carbocycles. The molecule has 2 unspecified atom stereocenters. The van der Waals surface area contributed by atoms with Crippen molar-refractivity contribution in [3.63, 3.8) is 0 Å². The van der Waals surface area contributed by atoms with E-state index in [4.69, 9.17) is 4.74 Å². The predicted molar refractivity (Wildman–Crippen MR) is 347 cm³/mol. The third-order valence-corrected chi connectivity index (χ3v) is 16.7. The van der Waals surface area contributed by atoms with E-state index < -0.39 is 12.1 Å². The number of amides is 1. The molecule has 0 radical (unpaired) electrons. The summed E-state index contributed by atoms with van der Waals surface area (Å²) >= 11 is 0. The summed E-state index contributed by atoms with van der Waals surface area (Å²) in [5.74, 6) is -0.0645. The highest BCUT2D eigenvalue weighted by Crippen LogP contribution is 2.18. The molecule has 0 aliphatic heterocycles. The Hall–Kier alpha value is -1.92. The van der Waals surface area contributed by atoms with E-state index >= 15 is 0 Å². The summed E-state index contributed by atoms with van der Waals surface area (Å²) in [4.78, 5) is 24.6. The lowest BCUT2D eigenvalue weighted by atomic mass is 10.0. The van der Waals surface area contributed by atoms with Gasteiger partial charge in [0.15, 0.2) is 0 Å². The number of carbonyl (C=O) groups excluding carboxylic acids is 2. The quantitative estimate of drug-likeness (QED) is 0.0320. The molecule has 0 aromatic rings. The first-order valence-corrected chi connectivity index (χ1v) is 35.8. The summed E-state index contributed by atoms with van der Waals surface area (Å²) in [7, 11) is 0. The second-order valence-corrected chi connectivity index (χ2v) is 24.6. The van der Waals surface area contributed by atoms with Gasteiger partial charge in [-0.2, -0.15) is 0 Å². The molecule has 79 heavy (non-hydrogen) atoms. The van der Waals surface area contributed by atoms with Crippen LogP contribution in [0.2, 0.25) is 0 Å². The van der Waals surface area contributed by atoms with Crippen LogP contribution in [-0.4, -0.2) is 47.4 Å². The van der Waals surface area contributed by atoms with Crippen molar-refractivity contribution in [2.24, 2.45) is 0 Å². The van der Waals surface area contributed by atoms with E-state index in [1.807, 2.05) is 6.08 Å². The fourth-order valence-corrected chi connectivity index (χ4v) is 11.2. The smallest absolute Gasteiger partial charge is 0.305 e. The van der Waals surface area contributed by atoms with Crippen molar-refractivity contribution >= 4 is 11.9 Å². The largest absolute Gasteiger partial charge is 0.466 e. The highest BCUT2D eigenvalue weighted by molar-refractivity contribution is 5.76. The molecule has 6 heteroatoms. The first kappa shape index (κ1) is 77.1. The number of nitrogens with one attached hydrogen (secondary N) is 1. The van der Waals surface area contributed by atoms with Crippen molar-refractivity contribution in [1.82, 2.24) is 5.32 Å². The fraction of sp³-hybridized carbons (Fsp3) is 0.890. The van der Waals surface area contributed by atoms with Gasteiger partial charge in [-0.15, -0.1) is 0 Å². The molecule has 0 bridgehead atoms. The normalized spacial score (nSPS) is 12.7. The van der Waals surface area contributed by atoms with Gasteiger partial charge in [-0.3, -0.25) is 9.59 Å². The number of aliphatic hydroxyl groups is 2. The maximum atomic E-state index is 12.5. The van der Waals surface area contributed by atoms with Crippen molar-refractivity contribution in [2.45, 2.75) is 405 Å². The summed E-state index contributed by atoms with van der Waals surface area (Å²) in [6.45, 7) is 4.93. The topological polar surface area (TPSA) is 95.9 Å². The zero-order valence-corrected chi connectivity index (χ0v) is 53.4. The second kappa shape index (κ2) is 68.6. The van der Waals surface area contributed by atoms with Crippen LogP contribution in [0.1, 0.15) is 393 Å². The number of hydrogen-bond donors (Lipinski definition) is 3. The summed E-state index contributed by atoms with van der Waals surface area (Å²) in [5, 5.41) is 23.3. The summed E-state index contributed by atoms with van der Waals surface area (Å²) < 4.78 is 5.49. The van der Waals surface area contributed by atoms with E-state index in [0.29, 0.717) is 19.4 Å². The van der Waals surface area contributed by atoms with Crippen molar-refractivity contribution < 1.29 is 24.5 Å². The predicted octanol–water partition coefficient (Wildman–Crippen LogP) is 23.1. The maximum Gasteiger partial charge on any atom is 0.305 e. The van der Waals surface area contributed by atoms with E-state index in [2.05, 4.69) is 43.5 Å². The highest BCUT2D eigenvalue weighted by atomic mass is 16.5. The number of aliphatic hydroxyl groups excluding tert-OH is 2. The van der Waals surface area contributed by atoms with Crippen molar-refractivity contribution in [2.75, 3.05) is 13.2 Å².